The number of hydrogen-bond donors (Lipinski definition) is 2. The first-order chi connectivity index (χ1) is 6.98. The van der Waals surface area contributed by atoms with Crippen LogP contribution in [0.1, 0.15) is 18.9 Å². The lowest BCUT2D eigenvalue weighted by Gasteiger charge is -2.23. The van der Waals surface area contributed by atoms with Crippen molar-refractivity contribution in [3.05, 3.63) is 18.0 Å². The van der Waals surface area contributed by atoms with Gasteiger partial charge in [-0.2, -0.15) is 5.10 Å². The first kappa shape index (κ1) is 11.7. The van der Waals surface area contributed by atoms with Gasteiger partial charge < -0.3 is 10.4 Å². The first-order valence-electron chi connectivity index (χ1n) is 4.89. The Kier molecular flexibility index (Phi) is 3.47. The molecule has 0 fully saturated rings. The summed E-state index contributed by atoms with van der Waals surface area (Å²) in [4.78, 5) is 11.0. The number of carbonyl (C=O) groups is 1. The van der Waals surface area contributed by atoms with E-state index in [1.54, 1.807) is 24.9 Å². The van der Waals surface area contributed by atoms with E-state index in [1.807, 2.05) is 13.1 Å². The van der Waals surface area contributed by atoms with Crippen molar-refractivity contribution in [3.63, 3.8) is 0 Å². The van der Waals surface area contributed by atoms with Crippen LogP contribution in [0.4, 0.5) is 0 Å². The Morgan fingerprint density at radius 2 is 2.40 bits per heavy atom. The monoisotopic (exact) mass is 211 g/mol. The summed E-state index contributed by atoms with van der Waals surface area (Å²) in [7, 11) is 1.66. The number of aromatic nitrogens is 2. The number of likely N-dealkylation sites (N-methyl/N-ethyl adjacent to an activating group) is 1. The molecule has 5 nitrogen and oxygen atoms in total. The summed E-state index contributed by atoms with van der Waals surface area (Å²) in [5, 5.41) is 15.9. The van der Waals surface area contributed by atoms with Gasteiger partial charge in [-0.25, -0.2) is 0 Å². The number of carboxylic acid groups (broad SMARTS) is 1. The summed E-state index contributed by atoms with van der Waals surface area (Å²) in [6.07, 6.45) is 4.16. The van der Waals surface area contributed by atoms with Gasteiger partial charge in [0.05, 0.1) is 6.20 Å². The van der Waals surface area contributed by atoms with E-state index in [2.05, 4.69) is 10.4 Å². The number of nitrogens with one attached hydrogen (secondary N) is 1. The second kappa shape index (κ2) is 4.44. The fraction of sp³-hybridized carbons (Fsp3) is 0.600. The zero-order chi connectivity index (χ0) is 11.5. The normalized spacial score (nSPS) is 14.9. The number of aryl methyl sites for hydroxylation is 2. The third kappa shape index (κ3) is 2.79. The lowest BCUT2D eigenvalue weighted by atomic mass is 9.98. The summed E-state index contributed by atoms with van der Waals surface area (Å²) >= 11 is 0. The molecule has 0 saturated heterocycles. The topological polar surface area (TPSA) is 67.2 Å². The minimum absolute atomic E-state index is 0.500. The van der Waals surface area contributed by atoms with Gasteiger partial charge in [0.15, 0.2) is 0 Å². The van der Waals surface area contributed by atoms with Gasteiger partial charge in [0.25, 0.3) is 0 Å². The van der Waals surface area contributed by atoms with E-state index in [0.717, 1.165) is 5.56 Å². The molecule has 0 aliphatic carbocycles. The molecule has 0 aromatic carbocycles. The van der Waals surface area contributed by atoms with Gasteiger partial charge >= 0.3 is 5.97 Å². The van der Waals surface area contributed by atoms with E-state index in [-0.39, 0.29) is 0 Å². The van der Waals surface area contributed by atoms with Gasteiger partial charge in [0.1, 0.15) is 5.54 Å². The molecule has 1 rings (SSSR count). The second-order valence-electron chi connectivity index (χ2n) is 3.92. The molecule has 0 spiro atoms. The first-order valence-corrected chi connectivity index (χ1v) is 4.89. The Balaban J connectivity index is 2.59. The van der Waals surface area contributed by atoms with Crippen molar-refractivity contribution < 1.29 is 9.90 Å². The molecule has 0 radical (unpaired) electrons. The van der Waals surface area contributed by atoms with Gasteiger partial charge in [-0.3, -0.25) is 9.48 Å². The van der Waals surface area contributed by atoms with Crippen molar-refractivity contribution >= 4 is 5.97 Å². The van der Waals surface area contributed by atoms with Crippen LogP contribution in [0, 0.1) is 6.92 Å². The molecule has 1 aromatic heterocycles. The van der Waals surface area contributed by atoms with Crippen LogP contribution in [-0.4, -0.2) is 33.4 Å². The summed E-state index contributed by atoms with van der Waals surface area (Å²) in [5.74, 6) is -0.839. The summed E-state index contributed by atoms with van der Waals surface area (Å²) in [6, 6.07) is 0. The Morgan fingerprint density at radius 3 is 2.80 bits per heavy atom. The van der Waals surface area contributed by atoms with Crippen LogP contribution in [0.15, 0.2) is 12.4 Å². The molecular formula is C10H17N3O2. The minimum atomic E-state index is -0.889. The number of hydrogen-bond acceptors (Lipinski definition) is 3. The molecule has 84 valence electrons. The zero-order valence-corrected chi connectivity index (χ0v) is 9.32. The van der Waals surface area contributed by atoms with E-state index in [0.29, 0.717) is 13.0 Å². The summed E-state index contributed by atoms with van der Waals surface area (Å²) in [5.41, 5.74) is 0.191. The maximum absolute atomic E-state index is 11.0. The average Bonchev–Trinajstić information content (AvgIpc) is 2.60. The van der Waals surface area contributed by atoms with Crippen molar-refractivity contribution in [1.82, 2.24) is 15.1 Å². The molecule has 1 heterocycles. The van der Waals surface area contributed by atoms with E-state index >= 15 is 0 Å². The third-order valence-electron chi connectivity index (χ3n) is 2.63. The average molecular weight is 211 g/mol. The van der Waals surface area contributed by atoms with Crippen molar-refractivity contribution in [2.45, 2.75) is 32.4 Å². The molecule has 0 aliphatic heterocycles. The predicted octanol–water partition coefficient (Wildman–Crippen LogP) is 0.644. The molecule has 15 heavy (non-hydrogen) atoms. The largest absolute Gasteiger partial charge is 0.480 e. The van der Waals surface area contributed by atoms with Crippen LogP contribution in [-0.2, 0) is 11.3 Å². The molecule has 1 atom stereocenters. The molecule has 0 saturated carbocycles. The number of rotatable bonds is 5. The molecule has 0 bridgehead atoms. The smallest absolute Gasteiger partial charge is 0.323 e. The highest BCUT2D eigenvalue weighted by molar-refractivity contribution is 5.78. The van der Waals surface area contributed by atoms with E-state index < -0.39 is 11.5 Å². The van der Waals surface area contributed by atoms with Gasteiger partial charge in [0.2, 0.25) is 0 Å². The number of aliphatic carboxylic acids is 1. The molecule has 0 amide bonds. The van der Waals surface area contributed by atoms with Crippen molar-refractivity contribution in [3.8, 4) is 0 Å². The maximum Gasteiger partial charge on any atom is 0.323 e. The van der Waals surface area contributed by atoms with Crippen LogP contribution < -0.4 is 5.32 Å². The molecular weight excluding hydrogens is 194 g/mol. The minimum Gasteiger partial charge on any atom is -0.480 e. The van der Waals surface area contributed by atoms with Crippen LogP contribution in [0.3, 0.4) is 0 Å². The van der Waals surface area contributed by atoms with Crippen LogP contribution in [0.5, 0.6) is 0 Å². The predicted molar refractivity (Wildman–Crippen MR) is 56.7 cm³/mol. The van der Waals surface area contributed by atoms with E-state index in [9.17, 15) is 4.79 Å². The van der Waals surface area contributed by atoms with E-state index in [1.165, 1.54) is 0 Å². The Hall–Kier alpha value is -1.36. The number of carboxylic acids is 1. The number of nitrogens with zero attached hydrogens (tertiary/aromatic N) is 2. The Bertz CT molecular complexity index is 348. The van der Waals surface area contributed by atoms with E-state index in [4.69, 9.17) is 5.11 Å². The maximum atomic E-state index is 11.0. The van der Waals surface area contributed by atoms with Crippen LogP contribution in [0.2, 0.25) is 0 Å². The summed E-state index contributed by atoms with van der Waals surface area (Å²) < 4.78 is 1.76. The van der Waals surface area contributed by atoms with Gasteiger partial charge in [-0.15, -0.1) is 0 Å². The molecule has 1 aromatic rings. The van der Waals surface area contributed by atoms with Crippen LogP contribution >= 0.6 is 0 Å². The second-order valence-corrected chi connectivity index (χ2v) is 3.92. The summed E-state index contributed by atoms with van der Waals surface area (Å²) in [6.45, 7) is 4.22. The Labute approximate surface area is 89.1 Å². The fourth-order valence-corrected chi connectivity index (χ4v) is 1.27. The molecule has 0 aliphatic rings. The van der Waals surface area contributed by atoms with Crippen molar-refractivity contribution in [1.29, 1.82) is 0 Å². The molecule has 5 heteroatoms. The highest BCUT2D eigenvalue weighted by atomic mass is 16.4. The lowest BCUT2D eigenvalue weighted by Crippen LogP contribution is -2.48. The zero-order valence-electron chi connectivity index (χ0n) is 9.32. The fourth-order valence-electron chi connectivity index (χ4n) is 1.27. The standard InChI is InChI=1S/C10H17N3O2/c1-8-6-12-13(7-8)5-4-10(2,11-3)9(14)15/h6-7,11H,4-5H2,1-3H3,(H,14,15). The molecule has 2 N–H and O–H groups in total. The highest BCUT2D eigenvalue weighted by Crippen LogP contribution is 2.10. The van der Waals surface area contributed by atoms with Gasteiger partial charge in [-0.05, 0) is 32.9 Å². The molecule has 1 unspecified atom stereocenters. The van der Waals surface area contributed by atoms with Crippen molar-refractivity contribution in [2.24, 2.45) is 0 Å². The van der Waals surface area contributed by atoms with Crippen molar-refractivity contribution in [2.75, 3.05) is 7.05 Å². The quantitative estimate of drug-likeness (QED) is 0.750. The highest BCUT2D eigenvalue weighted by Gasteiger charge is 2.30. The Morgan fingerprint density at radius 1 is 1.73 bits per heavy atom. The van der Waals surface area contributed by atoms with Crippen LogP contribution in [0.25, 0.3) is 0 Å². The third-order valence-corrected chi connectivity index (χ3v) is 2.63. The lowest BCUT2D eigenvalue weighted by molar-refractivity contribution is -0.144. The van der Waals surface area contributed by atoms with Gasteiger partial charge in [-0.1, -0.05) is 0 Å². The van der Waals surface area contributed by atoms with Gasteiger partial charge in [0, 0.05) is 12.7 Å². The SMILES string of the molecule is CNC(C)(CCn1cc(C)cn1)C(=O)O.